The highest BCUT2D eigenvalue weighted by Crippen LogP contribution is 2.23. The molecule has 0 aromatic carbocycles. The van der Waals surface area contributed by atoms with E-state index in [1.807, 2.05) is 6.08 Å². The largest absolute Gasteiger partial charge is 0.394 e. The van der Waals surface area contributed by atoms with Gasteiger partial charge < -0.3 is 40.3 Å². The van der Waals surface area contributed by atoms with E-state index in [0.29, 0.717) is 6.42 Å². The van der Waals surface area contributed by atoms with Gasteiger partial charge in [-0.2, -0.15) is 0 Å². The molecule has 1 saturated heterocycles. The first-order chi connectivity index (χ1) is 29.3. The molecule has 1 amide bonds. The Bertz CT molecular complexity index is 1120. The lowest BCUT2D eigenvalue weighted by Gasteiger charge is -2.40. The van der Waals surface area contributed by atoms with Gasteiger partial charge in [-0.1, -0.05) is 197 Å². The van der Waals surface area contributed by atoms with Crippen molar-refractivity contribution in [1.29, 1.82) is 0 Å². The number of carbonyl (C=O) groups is 1. The maximum Gasteiger partial charge on any atom is 0.220 e. The first-order valence-electron chi connectivity index (χ1n) is 24.5. The van der Waals surface area contributed by atoms with Crippen LogP contribution in [0.5, 0.6) is 0 Å². The maximum atomic E-state index is 13.0. The van der Waals surface area contributed by atoms with Crippen LogP contribution >= 0.6 is 0 Å². The number of rotatable bonds is 40. The second-order valence-corrected chi connectivity index (χ2v) is 16.9. The SMILES string of the molecule is CC/C=C\C/C=C\C/C=C\C/C=C\CCCCCCC(=O)NC(COC1OC(CO)C(O)C(O)C1O)C(O)/C=C/CCCCCCCCCCCCCCCCCCCC. The van der Waals surface area contributed by atoms with E-state index in [2.05, 4.69) is 67.8 Å². The van der Waals surface area contributed by atoms with Crippen molar-refractivity contribution < 1.29 is 39.8 Å². The van der Waals surface area contributed by atoms with Gasteiger partial charge in [0.05, 0.1) is 25.4 Å². The summed E-state index contributed by atoms with van der Waals surface area (Å²) in [5.74, 6) is -0.202. The number of unbranched alkanes of at least 4 members (excludes halogenated alkanes) is 22. The molecule has 348 valence electrons. The number of aliphatic hydroxyl groups is 5. The Balaban J connectivity index is 2.35. The second-order valence-electron chi connectivity index (χ2n) is 16.9. The standard InChI is InChI=1S/C51H91NO8/c1-3-5-7-9-11-13-15-17-19-21-22-23-25-26-28-30-32-34-36-38-40-45(54)44(43-59-51-50(58)49(57)48(56)46(42-53)60-51)52-47(55)41-39-37-35-33-31-29-27-24-20-18-16-14-12-10-8-6-4-2/h6,8,12,14,18,20,27,29,38,40,44-46,48-51,53-54,56-58H,3-5,7,9-11,13,15-17,19,21-26,28,30-37,39,41-43H2,1-2H3,(H,52,55)/b8-6-,14-12-,20-18-,29-27-,40-38+. The van der Waals surface area contributed by atoms with Crippen LogP contribution in [0.1, 0.15) is 200 Å². The zero-order valence-corrected chi connectivity index (χ0v) is 38.2. The fourth-order valence-corrected chi connectivity index (χ4v) is 7.44. The number of hydrogen-bond acceptors (Lipinski definition) is 8. The van der Waals surface area contributed by atoms with Gasteiger partial charge in [0, 0.05) is 6.42 Å². The quantitative estimate of drug-likeness (QED) is 0.0264. The van der Waals surface area contributed by atoms with Crippen LogP contribution < -0.4 is 5.32 Å². The van der Waals surface area contributed by atoms with Crippen LogP contribution in [-0.4, -0.2) is 87.5 Å². The normalized spacial score (nSPS) is 21.1. The molecule has 0 aliphatic carbocycles. The predicted molar refractivity (Wildman–Crippen MR) is 249 cm³/mol. The summed E-state index contributed by atoms with van der Waals surface area (Å²) >= 11 is 0. The van der Waals surface area contributed by atoms with Gasteiger partial charge in [0.2, 0.25) is 5.91 Å². The van der Waals surface area contributed by atoms with Gasteiger partial charge in [-0.3, -0.25) is 4.79 Å². The van der Waals surface area contributed by atoms with Gasteiger partial charge in [0.1, 0.15) is 24.4 Å². The van der Waals surface area contributed by atoms with E-state index in [0.717, 1.165) is 77.0 Å². The van der Waals surface area contributed by atoms with Gasteiger partial charge >= 0.3 is 0 Å². The number of aliphatic hydroxyl groups excluding tert-OH is 5. The predicted octanol–water partition coefficient (Wildman–Crippen LogP) is 10.8. The number of amides is 1. The number of carbonyl (C=O) groups excluding carboxylic acids is 1. The molecule has 0 aromatic rings. The summed E-state index contributed by atoms with van der Waals surface area (Å²) in [5.41, 5.74) is 0. The highest BCUT2D eigenvalue weighted by atomic mass is 16.7. The molecule has 6 N–H and O–H groups in total. The molecule has 7 atom stereocenters. The Labute approximate surface area is 366 Å². The van der Waals surface area contributed by atoms with Gasteiger partial charge in [0.25, 0.3) is 0 Å². The third kappa shape index (κ3) is 30.8. The van der Waals surface area contributed by atoms with Gasteiger partial charge in [0.15, 0.2) is 6.29 Å². The summed E-state index contributed by atoms with van der Waals surface area (Å²) in [6.07, 6.45) is 46.9. The van der Waals surface area contributed by atoms with Gasteiger partial charge in [-0.25, -0.2) is 0 Å². The third-order valence-corrected chi connectivity index (χ3v) is 11.3. The molecule has 0 saturated carbocycles. The van der Waals surface area contributed by atoms with E-state index in [1.54, 1.807) is 6.08 Å². The van der Waals surface area contributed by atoms with Crippen LogP contribution in [0.15, 0.2) is 60.8 Å². The average molecular weight is 846 g/mol. The molecular formula is C51H91NO8. The highest BCUT2D eigenvalue weighted by Gasteiger charge is 2.44. The van der Waals surface area contributed by atoms with Crippen LogP contribution in [0.4, 0.5) is 0 Å². The number of ether oxygens (including phenoxy) is 2. The minimum Gasteiger partial charge on any atom is -0.394 e. The van der Waals surface area contributed by atoms with Crippen molar-refractivity contribution in [2.75, 3.05) is 13.2 Å². The molecule has 0 radical (unpaired) electrons. The Hall–Kier alpha value is -2.11. The minimum absolute atomic E-state index is 0.200. The zero-order chi connectivity index (χ0) is 43.7. The van der Waals surface area contributed by atoms with Crippen molar-refractivity contribution in [3.8, 4) is 0 Å². The van der Waals surface area contributed by atoms with Crippen molar-refractivity contribution in [2.45, 2.75) is 243 Å². The average Bonchev–Trinajstić information content (AvgIpc) is 3.25. The molecule has 7 unspecified atom stereocenters. The smallest absolute Gasteiger partial charge is 0.220 e. The zero-order valence-electron chi connectivity index (χ0n) is 38.2. The summed E-state index contributed by atoms with van der Waals surface area (Å²) in [5, 5.41) is 54.3. The maximum absolute atomic E-state index is 13.0. The first kappa shape index (κ1) is 55.9. The van der Waals surface area contributed by atoms with Crippen molar-refractivity contribution in [2.24, 2.45) is 0 Å². The second kappa shape index (κ2) is 40.9. The van der Waals surface area contributed by atoms with Crippen LogP contribution in [0.2, 0.25) is 0 Å². The minimum atomic E-state index is -1.57. The van der Waals surface area contributed by atoms with Gasteiger partial charge in [-0.05, 0) is 57.8 Å². The first-order valence-corrected chi connectivity index (χ1v) is 24.5. The monoisotopic (exact) mass is 846 g/mol. The molecule has 0 aromatic heterocycles. The lowest BCUT2D eigenvalue weighted by molar-refractivity contribution is -0.302. The van der Waals surface area contributed by atoms with Crippen LogP contribution in [0.3, 0.4) is 0 Å². The van der Waals surface area contributed by atoms with E-state index >= 15 is 0 Å². The fraction of sp³-hybridized carbons (Fsp3) is 0.784. The van der Waals surface area contributed by atoms with E-state index in [4.69, 9.17) is 9.47 Å². The number of hydrogen-bond donors (Lipinski definition) is 6. The molecule has 1 rings (SSSR count). The molecule has 0 spiro atoms. The number of nitrogens with one attached hydrogen (secondary N) is 1. The molecule has 0 bridgehead atoms. The molecule has 9 nitrogen and oxygen atoms in total. The summed E-state index contributed by atoms with van der Waals surface area (Å²) in [4.78, 5) is 13.0. The van der Waals surface area contributed by atoms with E-state index < -0.39 is 49.5 Å². The van der Waals surface area contributed by atoms with Crippen molar-refractivity contribution in [3.63, 3.8) is 0 Å². The lowest BCUT2D eigenvalue weighted by atomic mass is 9.99. The fourth-order valence-electron chi connectivity index (χ4n) is 7.44. The van der Waals surface area contributed by atoms with Crippen LogP contribution in [-0.2, 0) is 14.3 Å². The highest BCUT2D eigenvalue weighted by molar-refractivity contribution is 5.76. The molecular weight excluding hydrogens is 755 g/mol. The Kier molecular flexibility index (Phi) is 38.1. The van der Waals surface area contributed by atoms with Crippen LogP contribution in [0, 0.1) is 0 Å². The summed E-state index contributed by atoms with van der Waals surface area (Å²) in [6, 6.07) is -0.820. The Morgan fingerprint density at radius 1 is 0.583 bits per heavy atom. The van der Waals surface area contributed by atoms with Gasteiger partial charge in [-0.15, -0.1) is 0 Å². The summed E-state index contributed by atoms with van der Waals surface area (Å²) in [7, 11) is 0. The molecule has 1 heterocycles. The van der Waals surface area contributed by atoms with Crippen molar-refractivity contribution >= 4 is 5.91 Å². The van der Waals surface area contributed by atoms with Crippen molar-refractivity contribution in [1.82, 2.24) is 5.32 Å². The Morgan fingerprint density at radius 3 is 1.53 bits per heavy atom. The molecule has 9 heteroatoms. The van der Waals surface area contributed by atoms with E-state index in [1.165, 1.54) is 103 Å². The topological polar surface area (TPSA) is 149 Å². The van der Waals surface area contributed by atoms with Crippen molar-refractivity contribution in [3.05, 3.63) is 60.8 Å². The summed E-state index contributed by atoms with van der Waals surface area (Å²) in [6.45, 7) is 3.65. The molecule has 60 heavy (non-hydrogen) atoms. The molecule has 1 aliphatic rings. The number of allylic oxidation sites excluding steroid dienone is 9. The summed E-state index contributed by atoms with van der Waals surface area (Å²) < 4.78 is 11.2. The van der Waals surface area contributed by atoms with E-state index in [-0.39, 0.29) is 12.5 Å². The lowest BCUT2D eigenvalue weighted by Crippen LogP contribution is -2.60. The van der Waals surface area contributed by atoms with E-state index in [9.17, 15) is 30.3 Å². The molecule has 1 fully saturated rings. The Morgan fingerprint density at radius 2 is 1.03 bits per heavy atom. The van der Waals surface area contributed by atoms with Crippen LogP contribution in [0.25, 0.3) is 0 Å². The third-order valence-electron chi connectivity index (χ3n) is 11.3. The molecule has 1 aliphatic heterocycles.